The maximum Gasteiger partial charge on any atom is 0.315 e. The number of rotatable bonds is 9. The van der Waals surface area contributed by atoms with Crippen molar-refractivity contribution < 1.29 is 29.2 Å². The Morgan fingerprint density at radius 1 is 1.19 bits per heavy atom. The molecule has 6 nitrogen and oxygen atoms in total. The van der Waals surface area contributed by atoms with Crippen LogP contribution in [0.2, 0.25) is 0 Å². The topological polar surface area (TPSA) is 85.2 Å². The van der Waals surface area contributed by atoms with Crippen molar-refractivity contribution in [2.45, 2.75) is 18.6 Å². The zero-order valence-corrected chi connectivity index (χ0v) is 15.3. The van der Waals surface area contributed by atoms with Crippen LogP contribution >= 0.6 is 12.6 Å². The van der Waals surface area contributed by atoms with Gasteiger partial charge in [0, 0.05) is 6.42 Å². The second-order valence-electron chi connectivity index (χ2n) is 5.51. The van der Waals surface area contributed by atoms with E-state index in [4.69, 9.17) is 14.2 Å². The average Bonchev–Trinajstić information content (AvgIpc) is 2.67. The Kier molecular flexibility index (Phi) is 7.62. The zero-order valence-electron chi connectivity index (χ0n) is 14.4. The zero-order chi connectivity index (χ0) is 18.9. The van der Waals surface area contributed by atoms with E-state index >= 15 is 0 Å². The normalized spacial score (nSPS) is 12.9. The Hall–Kier alpha value is -2.38. The molecule has 2 aromatic rings. The van der Waals surface area contributed by atoms with Gasteiger partial charge in [-0.3, -0.25) is 4.79 Å². The molecule has 2 rings (SSSR count). The number of aromatic hydroxyl groups is 1. The van der Waals surface area contributed by atoms with Gasteiger partial charge in [-0.2, -0.15) is 12.6 Å². The van der Waals surface area contributed by atoms with Gasteiger partial charge in [-0.25, -0.2) is 0 Å². The lowest BCUT2D eigenvalue weighted by Gasteiger charge is -2.25. The lowest BCUT2D eigenvalue weighted by atomic mass is 10.0. The number of hydrogen-bond acceptors (Lipinski definition) is 7. The molecule has 7 heteroatoms. The molecule has 0 radical (unpaired) electrons. The average molecular weight is 378 g/mol. The molecule has 140 valence electrons. The SMILES string of the molecule is COc1ccc([C@H](O)[C@H](CCOC(=O)CS)Oc2ccccc2)cc1O. The molecule has 0 amide bonds. The third kappa shape index (κ3) is 5.57. The van der Waals surface area contributed by atoms with Crippen LogP contribution < -0.4 is 9.47 Å². The van der Waals surface area contributed by atoms with Gasteiger partial charge in [0.05, 0.1) is 19.5 Å². The number of phenols is 1. The first-order chi connectivity index (χ1) is 12.5. The fraction of sp³-hybridized carbons (Fsp3) is 0.316. The summed E-state index contributed by atoms with van der Waals surface area (Å²) >= 11 is 3.85. The van der Waals surface area contributed by atoms with Gasteiger partial charge in [0.2, 0.25) is 0 Å². The Bertz CT molecular complexity index is 706. The van der Waals surface area contributed by atoms with E-state index in [0.29, 0.717) is 17.1 Å². The third-order valence-electron chi connectivity index (χ3n) is 3.72. The second kappa shape index (κ2) is 9.94. The molecule has 26 heavy (non-hydrogen) atoms. The highest BCUT2D eigenvalue weighted by Gasteiger charge is 2.24. The van der Waals surface area contributed by atoms with E-state index in [9.17, 15) is 15.0 Å². The molecular formula is C19H22O6S. The van der Waals surface area contributed by atoms with Crippen LogP contribution in [-0.4, -0.2) is 41.8 Å². The van der Waals surface area contributed by atoms with Crippen molar-refractivity contribution in [1.82, 2.24) is 0 Å². The molecule has 0 unspecified atom stereocenters. The first kappa shape index (κ1) is 19.9. The molecule has 0 fully saturated rings. The molecule has 0 aromatic heterocycles. The van der Waals surface area contributed by atoms with Crippen LogP contribution in [0.15, 0.2) is 48.5 Å². The van der Waals surface area contributed by atoms with E-state index in [-0.39, 0.29) is 24.5 Å². The summed E-state index contributed by atoms with van der Waals surface area (Å²) in [5.41, 5.74) is 0.463. The number of esters is 1. The van der Waals surface area contributed by atoms with E-state index in [0.717, 1.165) is 0 Å². The highest BCUT2D eigenvalue weighted by molar-refractivity contribution is 7.81. The van der Waals surface area contributed by atoms with Crippen molar-refractivity contribution in [3.63, 3.8) is 0 Å². The maximum absolute atomic E-state index is 11.3. The van der Waals surface area contributed by atoms with Crippen LogP contribution in [0.25, 0.3) is 0 Å². The number of thiol groups is 1. The largest absolute Gasteiger partial charge is 0.504 e. The van der Waals surface area contributed by atoms with Gasteiger partial charge in [-0.15, -0.1) is 0 Å². The summed E-state index contributed by atoms with van der Waals surface area (Å²) in [6.45, 7) is 0.0795. The number of ether oxygens (including phenoxy) is 3. The van der Waals surface area contributed by atoms with Crippen molar-refractivity contribution in [3.8, 4) is 17.2 Å². The Morgan fingerprint density at radius 3 is 2.54 bits per heavy atom. The minimum atomic E-state index is -1.04. The molecule has 0 spiro atoms. The summed E-state index contributed by atoms with van der Waals surface area (Å²) in [5.74, 6) is 0.352. The van der Waals surface area contributed by atoms with Crippen LogP contribution in [0.3, 0.4) is 0 Å². The summed E-state index contributed by atoms with van der Waals surface area (Å²) in [6.07, 6.45) is -1.46. The molecule has 2 aromatic carbocycles. The Labute approximate surface area is 157 Å². The highest BCUT2D eigenvalue weighted by Crippen LogP contribution is 2.31. The number of aliphatic hydroxyl groups excluding tert-OH is 1. The highest BCUT2D eigenvalue weighted by atomic mass is 32.1. The number of phenolic OH excluding ortho intramolecular Hbond substituents is 1. The molecule has 0 aliphatic heterocycles. The lowest BCUT2D eigenvalue weighted by molar-refractivity contribution is -0.141. The van der Waals surface area contributed by atoms with Gasteiger partial charge in [0.25, 0.3) is 0 Å². The Balaban J connectivity index is 2.15. The standard InChI is InChI=1S/C19H22O6S/c1-23-16-8-7-13(11-15(16)20)19(22)17(9-10-24-18(21)12-26)25-14-5-3-2-4-6-14/h2-8,11,17,19-20,22,26H,9-10,12H2,1H3/t17-,19-/m0/s1. The molecule has 2 N–H and O–H groups in total. The van der Waals surface area contributed by atoms with Crippen LogP contribution in [0.4, 0.5) is 0 Å². The second-order valence-corrected chi connectivity index (χ2v) is 5.83. The monoisotopic (exact) mass is 378 g/mol. The number of aliphatic hydroxyl groups is 1. The van der Waals surface area contributed by atoms with Gasteiger partial charge < -0.3 is 24.4 Å². The molecule has 0 saturated carbocycles. The van der Waals surface area contributed by atoms with E-state index in [1.54, 1.807) is 24.3 Å². The summed E-state index contributed by atoms with van der Waals surface area (Å²) in [4.78, 5) is 11.3. The smallest absolute Gasteiger partial charge is 0.315 e. The van der Waals surface area contributed by atoms with E-state index in [1.807, 2.05) is 18.2 Å². The van der Waals surface area contributed by atoms with Gasteiger partial charge in [-0.05, 0) is 29.8 Å². The predicted octanol–water partition coefficient (Wildman–Crippen LogP) is 2.74. The van der Waals surface area contributed by atoms with Crippen LogP contribution in [0.1, 0.15) is 18.1 Å². The van der Waals surface area contributed by atoms with Crippen LogP contribution in [0.5, 0.6) is 17.2 Å². The van der Waals surface area contributed by atoms with Crippen molar-refractivity contribution in [2.75, 3.05) is 19.5 Å². The van der Waals surface area contributed by atoms with Crippen molar-refractivity contribution in [1.29, 1.82) is 0 Å². The minimum absolute atomic E-state index is 0.0148. The molecule has 0 heterocycles. The lowest BCUT2D eigenvalue weighted by Crippen LogP contribution is -2.27. The summed E-state index contributed by atoms with van der Waals surface area (Å²) < 4.78 is 15.9. The van der Waals surface area contributed by atoms with Crippen molar-refractivity contribution >= 4 is 18.6 Å². The molecule has 0 saturated heterocycles. The first-order valence-electron chi connectivity index (χ1n) is 8.08. The van der Waals surface area contributed by atoms with Crippen LogP contribution in [0, 0.1) is 0 Å². The molecule has 0 aliphatic carbocycles. The summed E-state index contributed by atoms with van der Waals surface area (Å²) in [7, 11) is 1.45. The number of hydrogen-bond donors (Lipinski definition) is 3. The maximum atomic E-state index is 11.3. The molecular weight excluding hydrogens is 356 g/mol. The minimum Gasteiger partial charge on any atom is -0.504 e. The van der Waals surface area contributed by atoms with E-state index < -0.39 is 18.2 Å². The van der Waals surface area contributed by atoms with Crippen molar-refractivity contribution in [3.05, 3.63) is 54.1 Å². The number of carbonyl (C=O) groups excluding carboxylic acids is 1. The van der Waals surface area contributed by atoms with Gasteiger partial charge in [0.1, 0.15) is 18.0 Å². The number of carbonyl (C=O) groups is 1. The fourth-order valence-electron chi connectivity index (χ4n) is 2.40. The molecule has 0 aliphatic rings. The van der Waals surface area contributed by atoms with E-state index in [2.05, 4.69) is 12.6 Å². The van der Waals surface area contributed by atoms with Gasteiger partial charge in [-0.1, -0.05) is 24.3 Å². The third-order valence-corrected chi connectivity index (χ3v) is 3.98. The van der Waals surface area contributed by atoms with Crippen molar-refractivity contribution in [2.24, 2.45) is 0 Å². The summed E-state index contributed by atoms with van der Waals surface area (Å²) in [6, 6.07) is 13.7. The Morgan fingerprint density at radius 2 is 1.92 bits per heavy atom. The fourth-order valence-corrected chi connectivity index (χ4v) is 2.49. The quantitative estimate of drug-likeness (QED) is 0.460. The number of benzene rings is 2. The van der Waals surface area contributed by atoms with Gasteiger partial charge in [0.15, 0.2) is 11.5 Å². The molecule has 0 bridgehead atoms. The van der Waals surface area contributed by atoms with Crippen LogP contribution in [-0.2, 0) is 9.53 Å². The number of methoxy groups -OCH3 is 1. The van der Waals surface area contributed by atoms with Gasteiger partial charge >= 0.3 is 5.97 Å². The predicted molar refractivity (Wildman–Crippen MR) is 99.9 cm³/mol. The molecule has 2 atom stereocenters. The summed E-state index contributed by atoms with van der Waals surface area (Å²) in [5, 5.41) is 20.7. The number of para-hydroxylation sites is 1. The first-order valence-corrected chi connectivity index (χ1v) is 8.71. The van der Waals surface area contributed by atoms with E-state index in [1.165, 1.54) is 13.2 Å².